The van der Waals surface area contributed by atoms with E-state index in [0.29, 0.717) is 12.2 Å². The van der Waals surface area contributed by atoms with Gasteiger partial charge in [0.2, 0.25) is 5.91 Å². The molecule has 0 heterocycles. The predicted octanol–water partition coefficient (Wildman–Crippen LogP) is 2.71. The van der Waals surface area contributed by atoms with E-state index in [-0.39, 0.29) is 11.7 Å². The Balaban J connectivity index is 2.25. The zero-order chi connectivity index (χ0) is 21.6. The van der Waals surface area contributed by atoms with E-state index in [9.17, 15) is 17.6 Å². The van der Waals surface area contributed by atoms with Crippen LogP contribution < -0.4 is 14.4 Å². The van der Waals surface area contributed by atoms with Gasteiger partial charge in [-0.3, -0.25) is 4.79 Å². The van der Waals surface area contributed by atoms with Gasteiger partial charge in [0.1, 0.15) is 18.1 Å². The van der Waals surface area contributed by atoms with E-state index in [2.05, 4.69) is 5.32 Å². The van der Waals surface area contributed by atoms with Gasteiger partial charge in [-0.05, 0) is 36.2 Å². The molecule has 0 fully saturated rings. The van der Waals surface area contributed by atoms with Gasteiger partial charge in [0, 0.05) is 14.1 Å². The van der Waals surface area contributed by atoms with Crippen molar-refractivity contribution in [1.29, 1.82) is 0 Å². The number of para-hydroxylation sites is 1. The molecule has 7 nitrogen and oxygen atoms in total. The van der Waals surface area contributed by atoms with Crippen molar-refractivity contribution in [3.8, 4) is 5.75 Å². The Hall–Kier alpha value is -2.65. The fourth-order valence-corrected chi connectivity index (χ4v) is 3.84. The molecule has 2 rings (SSSR count). The van der Waals surface area contributed by atoms with E-state index < -0.39 is 28.5 Å². The monoisotopic (exact) mass is 423 g/mol. The SMILES string of the molecule is CC[C@H](NC(=O)CN(c1ccccc1F)S(=O)(=O)N(C)C)c1ccc(OC)cc1. The molecule has 2 aromatic rings. The van der Waals surface area contributed by atoms with Gasteiger partial charge >= 0.3 is 10.2 Å². The lowest BCUT2D eigenvalue weighted by molar-refractivity contribution is -0.120. The van der Waals surface area contributed by atoms with Gasteiger partial charge < -0.3 is 10.1 Å². The zero-order valence-electron chi connectivity index (χ0n) is 16.9. The van der Waals surface area contributed by atoms with Crippen LogP contribution in [0.2, 0.25) is 0 Å². The van der Waals surface area contributed by atoms with E-state index in [4.69, 9.17) is 4.74 Å². The second-order valence-electron chi connectivity index (χ2n) is 6.55. The van der Waals surface area contributed by atoms with Crippen LogP contribution in [0.25, 0.3) is 0 Å². The molecule has 1 N–H and O–H groups in total. The molecule has 2 aromatic carbocycles. The molecule has 158 valence electrons. The van der Waals surface area contributed by atoms with Crippen LogP contribution >= 0.6 is 0 Å². The van der Waals surface area contributed by atoms with Gasteiger partial charge in [0.05, 0.1) is 18.8 Å². The number of nitrogens with zero attached hydrogens (tertiary/aromatic N) is 2. The lowest BCUT2D eigenvalue weighted by Crippen LogP contribution is -2.46. The second-order valence-corrected chi connectivity index (χ2v) is 8.62. The molecule has 1 amide bonds. The molecule has 0 spiro atoms. The van der Waals surface area contributed by atoms with Crippen LogP contribution in [0.1, 0.15) is 24.9 Å². The van der Waals surface area contributed by atoms with Crippen LogP contribution in [0, 0.1) is 5.82 Å². The van der Waals surface area contributed by atoms with E-state index in [1.165, 1.54) is 32.3 Å². The van der Waals surface area contributed by atoms with Crippen molar-refractivity contribution in [2.24, 2.45) is 0 Å². The standard InChI is InChI=1S/C20H26FN3O4S/c1-5-18(15-10-12-16(28-4)13-11-15)22-20(25)14-24(29(26,27)23(2)3)19-9-7-6-8-17(19)21/h6-13,18H,5,14H2,1-4H3,(H,22,25)/t18-/m0/s1. The van der Waals surface area contributed by atoms with Crippen LogP contribution in [0.3, 0.4) is 0 Å². The van der Waals surface area contributed by atoms with Crippen molar-refractivity contribution in [2.45, 2.75) is 19.4 Å². The Morgan fingerprint density at radius 2 is 1.76 bits per heavy atom. The summed E-state index contributed by atoms with van der Waals surface area (Å²) in [5.41, 5.74) is 0.670. The van der Waals surface area contributed by atoms with Crippen LogP contribution in [-0.4, -0.2) is 46.4 Å². The third-order valence-electron chi connectivity index (χ3n) is 4.41. The van der Waals surface area contributed by atoms with Crippen LogP contribution in [0.5, 0.6) is 5.75 Å². The van der Waals surface area contributed by atoms with Crippen molar-refractivity contribution in [3.63, 3.8) is 0 Å². The summed E-state index contributed by atoms with van der Waals surface area (Å²) in [4.78, 5) is 12.7. The van der Waals surface area contributed by atoms with Crippen molar-refractivity contribution in [1.82, 2.24) is 9.62 Å². The minimum absolute atomic E-state index is 0.186. The molecule has 0 aliphatic carbocycles. The number of ether oxygens (including phenoxy) is 1. The van der Waals surface area contributed by atoms with E-state index >= 15 is 0 Å². The summed E-state index contributed by atoms with van der Waals surface area (Å²) in [6.07, 6.45) is 0.595. The summed E-state index contributed by atoms with van der Waals surface area (Å²) in [6.45, 7) is 1.36. The van der Waals surface area contributed by atoms with Crippen LogP contribution in [0.4, 0.5) is 10.1 Å². The summed E-state index contributed by atoms with van der Waals surface area (Å²) >= 11 is 0. The average Bonchev–Trinajstić information content (AvgIpc) is 2.70. The van der Waals surface area contributed by atoms with Crippen LogP contribution in [-0.2, 0) is 15.0 Å². The Morgan fingerprint density at radius 3 is 2.28 bits per heavy atom. The first-order chi connectivity index (χ1) is 13.7. The summed E-state index contributed by atoms with van der Waals surface area (Å²) in [5, 5.41) is 2.82. The smallest absolute Gasteiger partial charge is 0.304 e. The van der Waals surface area contributed by atoms with Crippen molar-refractivity contribution < 1.29 is 22.3 Å². The number of rotatable bonds is 9. The quantitative estimate of drug-likeness (QED) is 0.673. The molecule has 0 saturated heterocycles. The Labute approximate surface area is 171 Å². The van der Waals surface area contributed by atoms with Gasteiger partial charge in [0.25, 0.3) is 0 Å². The van der Waals surface area contributed by atoms with E-state index in [0.717, 1.165) is 20.2 Å². The van der Waals surface area contributed by atoms with Crippen molar-refractivity contribution in [2.75, 3.05) is 32.1 Å². The highest BCUT2D eigenvalue weighted by molar-refractivity contribution is 7.90. The maximum atomic E-state index is 14.3. The molecule has 0 aliphatic rings. The number of hydrogen-bond donors (Lipinski definition) is 1. The lowest BCUT2D eigenvalue weighted by atomic mass is 10.0. The first-order valence-electron chi connectivity index (χ1n) is 9.08. The first-order valence-corrected chi connectivity index (χ1v) is 10.5. The fourth-order valence-electron chi connectivity index (χ4n) is 2.77. The number of methoxy groups -OCH3 is 1. The summed E-state index contributed by atoms with van der Waals surface area (Å²) in [7, 11) is 0.143. The largest absolute Gasteiger partial charge is 0.497 e. The van der Waals surface area contributed by atoms with Crippen molar-refractivity contribution in [3.05, 3.63) is 59.9 Å². The third-order valence-corrected chi connectivity index (χ3v) is 6.22. The van der Waals surface area contributed by atoms with Gasteiger partial charge in [-0.15, -0.1) is 0 Å². The molecule has 0 radical (unpaired) electrons. The Bertz CT molecular complexity index is 933. The molecule has 0 aliphatic heterocycles. The number of carbonyl (C=O) groups is 1. The van der Waals surface area contributed by atoms with Gasteiger partial charge in [-0.25, -0.2) is 8.70 Å². The Morgan fingerprint density at radius 1 is 1.14 bits per heavy atom. The van der Waals surface area contributed by atoms with E-state index in [1.54, 1.807) is 19.2 Å². The number of benzene rings is 2. The normalized spacial score (nSPS) is 12.5. The highest BCUT2D eigenvalue weighted by Crippen LogP contribution is 2.24. The van der Waals surface area contributed by atoms with Gasteiger partial charge in [-0.2, -0.15) is 12.7 Å². The molecule has 0 unspecified atom stereocenters. The molecule has 1 atom stereocenters. The first kappa shape index (κ1) is 22.6. The highest BCUT2D eigenvalue weighted by atomic mass is 32.2. The minimum Gasteiger partial charge on any atom is -0.497 e. The second kappa shape index (κ2) is 9.71. The maximum absolute atomic E-state index is 14.3. The van der Waals surface area contributed by atoms with Gasteiger partial charge in [0.15, 0.2) is 0 Å². The number of carbonyl (C=O) groups excluding carboxylic acids is 1. The number of amides is 1. The predicted molar refractivity (Wildman–Crippen MR) is 111 cm³/mol. The zero-order valence-corrected chi connectivity index (χ0v) is 17.7. The molecule has 9 heteroatoms. The van der Waals surface area contributed by atoms with Crippen molar-refractivity contribution >= 4 is 21.8 Å². The number of nitrogens with one attached hydrogen (secondary N) is 1. The lowest BCUT2D eigenvalue weighted by Gasteiger charge is -2.28. The Kier molecular flexibility index (Phi) is 7.58. The van der Waals surface area contributed by atoms with Gasteiger partial charge in [-0.1, -0.05) is 31.2 Å². The number of hydrogen-bond acceptors (Lipinski definition) is 4. The highest BCUT2D eigenvalue weighted by Gasteiger charge is 2.29. The maximum Gasteiger partial charge on any atom is 0.304 e. The summed E-state index contributed by atoms with van der Waals surface area (Å²) in [5.74, 6) is -0.577. The molecular formula is C20H26FN3O4S. The molecular weight excluding hydrogens is 397 g/mol. The fraction of sp³-hybridized carbons (Fsp3) is 0.350. The number of halogens is 1. The molecule has 29 heavy (non-hydrogen) atoms. The third kappa shape index (κ3) is 5.45. The molecule has 0 bridgehead atoms. The molecule has 0 aromatic heterocycles. The van der Waals surface area contributed by atoms with Crippen LogP contribution in [0.15, 0.2) is 48.5 Å². The number of anilines is 1. The summed E-state index contributed by atoms with van der Waals surface area (Å²) in [6, 6.07) is 12.4. The topological polar surface area (TPSA) is 79.0 Å². The summed E-state index contributed by atoms with van der Waals surface area (Å²) < 4.78 is 46.5. The van der Waals surface area contributed by atoms with E-state index in [1.807, 2.05) is 19.1 Å². The minimum atomic E-state index is -4.08. The average molecular weight is 424 g/mol. The molecule has 0 saturated carbocycles.